The quantitative estimate of drug-likeness (QED) is 0.691. The van der Waals surface area contributed by atoms with Gasteiger partial charge in [0.15, 0.2) is 0 Å². The fraction of sp³-hybridized carbons (Fsp3) is 0.208. The number of hydrogen-bond acceptors (Lipinski definition) is 5. The Bertz CT molecular complexity index is 1050. The van der Waals surface area contributed by atoms with Crippen LogP contribution in [0.3, 0.4) is 0 Å². The van der Waals surface area contributed by atoms with Gasteiger partial charge in [-0.1, -0.05) is 30.3 Å². The number of pyridine rings is 1. The van der Waals surface area contributed by atoms with Crippen LogP contribution in [0, 0.1) is 0 Å². The van der Waals surface area contributed by atoms with Crippen molar-refractivity contribution in [3.8, 4) is 5.75 Å². The van der Waals surface area contributed by atoms with E-state index in [2.05, 4.69) is 15.2 Å². The summed E-state index contributed by atoms with van der Waals surface area (Å²) >= 11 is 0. The monoisotopic (exact) mass is 416 g/mol. The normalized spacial score (nSPS) is 13.6. The third-order valence-corrected chi connectivity index (χ3v) is 5.27. The molecule has 0 bridgehead atoms. The molecule has 1 aliphatic heterocycles. The van der Waals surface area contributed by atoms with Crippen molar-refractivity contribution >= 4 is 23.3 Å². The summed E-state index contributed by atoms with van der Waals surface area (Å²) in [6, 6.07) is 20.1. The molecule has 0 spiro atoms. The molecular weight excluding hydrogens is 392 g/mol. The number of anilines is 2. The molecule has 1 aliphatic rings. The van der Waals surface area contributed by atoms with Crippen molar-refractivity contribution in [2.45, 2.75) is 0 Å². The topological polar surface area (TPSA) is 74.8 Å². The highest BCUT2D eigenvalue weighted by Gasteiger charge is 2.22. The van der Waals surface area contributed by atoms with Crippen LogP contribution >= 0.6 is 0 Å². The predicted molar refractivity (Wildman–Crippen MR) is 120 cm³/mol. The summed E-state index contributed by atoms with van der Waals surface area (Å²) in [6.45, 7) is 2.69. The Labute approximate surface area is 181 Å². The summed E-state index contributed by atoms with van der Waals surface area (Å²) in [5.74, 6) is 1.15. The van der Waals surface area contributed by atoms with Gasteiger partial charge in [0.1, 0.15) is 11.6 Å². The van der Waals surface area contributed by atoms with E-state index in [4.69, 9.17) is 4.74 Å². The number of carbonyl (C=O) groups excluding carboxylic acids is 2. The molecule has 1 saturated heterocycles. The summed E-state index contributed by atoms with van der Waals surface area (Å²) in [4.78, 5) is 33.6. The van der Waals surface area contributed by atoms with Crippen molar-refractivity contribution in [2.75, 3.05) is 43.5 Å². The predicted octanol–water partition coefficient (Wildman–Crippen LogP) is 3.30. The molecule has 31 heavy (non-hydrogen) atoms. The molecule has 1 fully saturated rings. The van der Waals surface area contributed by atoms with E-state index in [0.717, 1.165) is 5.82 Å². The Morgan fingerprint density at radius 3 is 2.29 bits per heavy atom. The molecule has 1 aromatic heterocycles. The van der Waals surface area contributed by atoms with Gasteiger partial charge in [0, 0.05) is 31.7 Å². The van der Waals surface area contributed by atoms with Crippen molar-refractivity contribution < 1.29 is 14.3 Å². The van der Waals surface area contributed by atoms with Gasteiger partial charge in [-0.05, 0) is 36.4 Å². The van der Waals surface area contributed by atoms with E-state index in [-0.39, 0.29) is 11.8 Å². The Morgan fingerprint density at radius 2 is 1.61 bits per heavy atom. The maximum Gasteiger partial charge on any atom is 0.259 e. The highest BCUT2D eigenvalue weighted by Crippen LogP contribution is 2.21. The molecule has 2 aromatic carbocycles. The maximum absolute atomic E-state index is 12.6. The van der Waals surface area contributed by atoms with Crippen molar-refractivity contribution in [2.24, 2.45) is 0 Å². The number of carbonyl (C=O) groups is 2. The second kappa shape index (κ2) is 9.30. The van der Waals surface area contributed by atoms with Crippen LogP contribution < -0.4 is 15.0 Å². The van der Waals surface area contributed by atoms with Gasteiger partial charge in [-0.15, -0.1) is 0 Å². The van der Waals surface area contributed by atoms with E-state index in [1.807, 2.05) is 53.4 Å². The van der Waals surface area contributed by atoms with Gasteiger partial charge in [0.2, 0.25) is 0 Å². The first-order valence-electron chi connectivity index (χ1n) is 10.2. The SMILES string of the molecule is COc1ccccc1C(=O)Nc1ccc(N2CCN(C(=O)c3ccccc3)CC2)nc1. The number of rotatable bonds is 5. The smallest absolute Gasteiger partial charge is 0.259 e. The molecule has 3 aromatic rings. The zero-order valence-electron chi connectivity index (χ0n) is 17.3. The molecule has 1 N–H and O–H groups in total. The van der Waals surface area contributed by atoms with Crippen LogP contribution in [-0.4, -0.2) is 55.0 Å². The molecule has 0 unspecified atom stereocenters. The van der Waals surface area contributed by atoms with Gasteiger partial charge in [0.05, 0.1) is 24.6 Å². The van der Waals surface area contributed by atoms with E-state index in [1.54, 1.807) is 24.4 Å². The number of nitrogens with one attached hydrogen (secondary N) is 1. The lowest BCUT2D eigenvalue weighted by Gasteiger charge is -2.35. The van der Waals surface area contributed by atoms with Crippen LogP contribution in [0.1, 0.15) is 20.7 Å². The van der Waals surface area contributed by atoms with E-state index < -0.39 is 0 Å². The van der Waals surface area contributed by atoms with Crippen molar-refractivity contribution in [3.63, 3.8) is 0 Å². The lowest BCUT2D eigenvalue weighted by Crippen LogP contribution is -2.49. The number of nitrogens with zero attached hydrogens (tertiary/aromatic N) is 3. The molecular formula is C24H24N4O3. The first-order valence-corrected chi connectivity index (χ1v) is 10.2. The van der Waals surface area contributed by atoms with Crippen LogP contribution in [0.2, 0.25) is 0 Å². The number of hydrogen-bond donors (Lipinski definition) is 1. The highest BCUT2D eigenvalue weighted by atomic mass is 16.5. The molecule has 0 saturated carbocycles. The van der Waals surface area contributed by atoms with Crippen molar-refractivity contribution in [3.05, 3.63) is 84.1 Å². The number of aromatic nitrogens is 1. The van der Waals surface area contributed by atoms with E-state index in [1.165, 1.54) is 7.11 Å². The van der Waals surface area contributed by atoms with Gasteiger partial charge >= 0.3 is 0 Å². The maximum atomic E-state index is 12.6. The van der Waals surface area contributed by atoms with Crippen LogP contribution in [0.5, 0.6) is 5.75 Å². The highest BCUT2D eigenvalue weighted by molar-refractivity contribution is 6.06. The van der Waals surface area contributed by atoms with E-state index in [9.17, 15) is 9.59 Å². The van der Waals surface area contributed by atoms with Crippen molar-refractivity contribution in [1.29, 1.82) is 0 Å². The molecule has 7 heteroatoms. The summed E-state index contributed by atoms with van der Waals surface area (Å²) < 4.78 is 5.25. The minimum Gasteiger partial charge on any atom is -0.496 e. The first-order chi connectivity index (χ1) is 15.2. The van der Waals surface area contributed by atoms with E-state index in [0.29, 0.717) is 48.7 Å². The molecule has 2 amide bonds. The Balaban J connectivity index is 1.35. The third-order valence-electron chi connectivity index (χ3n) is 5.27. The number of piperazine rings is 1. The molecule has 0 aliphatic carbocycles. The Kier molecular flexibility index (Phi) is 6.12. The van der Waals surface area contributed by atoms with Gasteiger partial charge < -0.3 is 19.9 Å². The average Bonchev–Trinajstić information content (AvgIpc) is 2.84. The van der Waals surface area contributed by atoms with Crippen LogP contribution in [0.25, 0.3) is 0 Å². The van der Waals surface area contributed by atoms with Gasteiger partial charge in [0.25, 0.3) is 11.8 Å². The number of para-hydroxylation sites is 1. The summed E-state index contributed by atoms with van der Waals surface area (Å²) in [5, 5.41) is 2.85. The standard InChI is InChI=1S/C24H24N4O3/c1-31-21-10-6-5-9-20(21)23(29)26-19-11-12-22(25-17-19)27-13-15-28(16-14-27)24(30)18-7-3-2-4-8-18/h2-12,17H,13-16H2,1H3,(H,26,29). The zero-order chi connectivity index (χ0) is 21.6. The minimum absolute atomic E-state index is 0.0580. The molecule has 0 radical (unpaired) electrons. The number of methoxy groups -OCH3 is 1. The third kappa shape index (κ3) is 4.66. The van der Waals surface area contributed by atoms with Crippen molar-refractivity contribution in [1.82, 2.24) is 9.88 Å². The zero-order valence-corrected chi connectivity index (χ0v) is 17.3. The van der Waals surface area contributed by atoms with Crippen LogP contribution in [0.4, 0.5) is 11.5 Å². The summed E-state index contributed by atoms with van der Waals surface area (Å²) in [7, 11) is 1.54. The largest absolute Gasteiger partial charge is 0.496 e. The second-order valence-electron chi connectivity index (χ2n) is 7.20. The summed E-state index contributed by atoms with van der Waals surface area (Å²) in [5.41, 5.74) is 1.79. The lowest BCUT2D eigenvalue weighted by molar-refractivity contribution is 0.0746. The number of benzene rings is 2. The second-order valence-corrected chi connectivity index (χ2v) is 7.20. The molecule has 7 nitrogen and oxygen atoms in total. The lowest BCUT2D eigenvalue weighted by atomic mass is 10.2. The Morgan fingerprint density at radius 1 is 0.903 bits per heavy atom. The van der Waals surface area contributed by atoms with Gasteiger partial charge in [-0.3, -0.25) is 9.59 Å². The molecule has 0 atom stereocenters. The minimum atomic E-state index is -0.250. The molecule has 158 valence electrons. The van der Waals surface area contributed by atoms with Gasteiger partial charge in [-0.2, -0.15) is 0 Å². The fourth-order valence-corrected chi connectivity index (χ4v) is 3.58. The van der Waals surface area contributed by atoms with Crippen LogP contribution in [0.15, 0.2) is 72.9 Å². The average molecular weight is 416 g/mol. The number of amides is 2. The molecule has 4 rings (SSSR count). The Hall–Kier alpha value is -3.87. The number of ether oxygens (including phenoxy) is 1. The van der Waals surface area contributed by atoms with Gasteiger partial charge in [-0.25, -0.2) is 4.98 Å². The fourth-order valence-electron chi connectivity index (χ4n) is 3.58. The molecule has 2 heterocycles. The summed E-state index contributed by atoms with van der Waals surface area (Å²) in [6.07, 6.45) is 1.64. The van der Waals surface area contributed by atoms with Crippen LogP contribution in [-0.2, 0) is 0 Å². The first kappa shape index (κ1) is 20.4. The van der Waals surface area contributed by atoms with E-state index >= 15 is 0 Å².